The third-order valence-electron chi connectivity index (χ3n) is 2.57. The minimum Gasteiger partial charge on any atom is -0.508 e. The number of halogens is 1. The van der Waals surface area contributed by atoms with E-state index < -0.39 is 4.92 Å². The summed E-state index contributed by atoms with van der Waals surface area (Å²) in [6, 6.07) is 11.2. The van der Waals surface area contributed by atoms with Gasteiger partial charge >= 0.3 is 0 Å². The molecule has 0 unspecified atom stereocenters. The fourth-order valence-electron chi connectivity index (χ4n) is 1.59. The van der Waals surface area contributed by atoms with E-state index in [1.54, 1.807) is 30.3 Å². The molecule has 98 valence electrons. The summed E-state index contributed by atoms with van der Waals surface area (Å²) in [6.45, 7) is 0.433. The van der Waals surface area contributed by atoms with Gasteiger partial charge in [0.15, 0.2) is 0 Å². The lowest BCUT2D eigenvalue weighted by atomic mass is 10.2. The number of aromatic hydroxyl groups is 1. The molecule has 0 radical (unpaired) electrons. The molecule has 0 saturated carbocycles. The van der Waals surface area contributed by atoms with E-state index in [0.29, 0.717) is 6.54 Å². The lowest BCUT2D eigenvalue weighted by Gasteiger charge is -2.07. The molecule has 0 aliphatic carbocycles. The van der Waals surface area contributed by atoms with Gasteiger partial charge in [-0.05, 0) is 35.9 Å². The molecule has 2 aromatic carbocycles. The van der Waals surface area contributed by atoms with Crippen molar-refractivity contribution < 1.29 is 10.0 Å². The van der Waals surface area contributed by atoms with Crippen molar-refractivity contribution in [2.24, 2.45) is 0 Å². The number of rotatable bonds is 4. The Kier molecular flexibility index (Phi) is 3.87. The highest BCUT2D eigenvalue weighted by Crippen LogP contribution is 2.25. The van der Waals surface area contributed by atoms with E-state index in [9.17, 15) is 10.1 Å². The zero-order valence-electron chi connectivity index (χ0n) is 9.84. The van der Waals surface area contributed by atoms with Gasteiger partial charge in [0.25, 0.3) is 5.69 Å². The largest absolute Gasteiger partial charge is 0.508 e. The first kappa shape index (κ1) is 13.2. The molecule has 2 aromatic rings. The van der Waals surface area contributed by atoms with E-state index in [-0.39, 0.29) is 16.5 Å². The maximum atomic E-state index is 10.8. The number of nitro benzene ring substituents is 1. The van der Waals surface area contributed by atoms with Crippen LogP contribution < -0.4 is 5.32 Å². The van der Waals surface area contributed by atoms with E-state index in [2.05, 4.69) is 5.32 Å². The Bertz CT molecular complexity index is 599. The maximum absolute atomic E-state index is 10.8. The Labute approximate surface area is 114 Å². The highest BCUT2D eigenvalue weighted by Gasteiger charge is 2.12. The number of hydrogen-bond acceptors (Lipinski definition) is 4. The number of nitrogens with zero attached hydrogens (tertiary/aromatic N) is 1. The molecule has 6 heteroatoms. The number of phenols is 1. The van der Waals surface area contributed by atoms with Crippen LogP contribution in [0.15, 0.2) is 42.5 Å². The molecule has 19 heavy (non-hydrogen) atoms. The number of benzene rings is 2. The summed E-state index contributed by atoms with van der Waals surface area (Å²) in [7, 11) is 0. The smallest absolute Gasteiger partial charge is 0.288 e. The summed E-state index contributed by atoms with van der Waals surface area (Å²) in [5, 5.41) is 23.1. The monoisotopic (exact) mass is 278 g/mol. The molecule has 0 fully saturated rings. The highest BCUT2D eigenvalue weighted by molar-refractivity contribution is 6.32. The van der Waals surface area contributed by atoms with Crippen molar-refractivity contribution in [1.29, 1.82) is 0 Å². The van der Waals surface area contributed by atoms with Gasteiger partial charge in [0.1, 0.15) is 10.8 Å². The molecule has 0 aliphatic heterocycles. The van der Waals surface area contributed by atoms with Gasteiger partial charge in [-0.2, -0.15) is 0 Å². The summed E-state index contributed by atoms with van der Waals surface area (Å²) in [5.74, 6) is 0.188. The Balaban J connectivity index is 2.09. The molecule has 0 aliphatic rings. The fraction of sp³-hybridized carbons (Fsp3) is 0.0769. The average molecular weight is 279 g/mol. The van der Waals surface area contributed by atoms with Crippen molar-refractivity contribution in [3.63, 3.8) is 0 Å². The minimum absolute atomic E-state index is 0.105. The van der Waals surface area contributed by atoms with Crippen LogP contribution in [0.4, 0.5) is 11.4 Å². The van der Waals surface area contributed by atoms with Crippen LogP contribution in [0, 0.1) is 10.1 Å². The predicted octanol–water partition coefficient (Wildman–Crippen LogP) is 3.57. The molecule has 0 heterocycles. The van der Waals surface area contributed by atoms with Crippen LogP contribution in [0.3, 0.4) is 0 Å². The second kappa shape index (κ2) is 5.58. The van der Waals surface area contributed by atoms with Gasteiger partial charge in [-0.1, -0.05) is 17.7 Å². The second-order valence-electron chi connectivity index (χ2n) is 3.94. The Morgan fingerprint density at radius 2 is 1.89 bits per heavy atom. The molecule has 0 aromatic heterocycles. The molecular formula is C13H11ClN2O3. The molecule has 0 bridgehead atoms. The van der Waals surface area contributed by atoms with Gasteiger partial charge < -0.3 is 10.4 Å². The molecule has 0 saturated heterocycles. The third kappa shape index (κ3) is 3.35. The van der Waals surface area contributed by atoms with Crippen molar-refractivity contribution in [3.05, 3.63) is 63.2 Å². The molecule has 0 atom stereocenters. The molecule has 2 rings (SSSR count). The Morgan fingerprint density at radius 3 is 2.53 bits per heavy atom. The SMILES string of the molecule is O=[N+]([O-])c1cc(CNc2ccc(O)cc2)ccc1Cl. The van der Waals surface area contributed by atoms with Crippen molar-refractivity contribution in [2.45, 2.75) is 6.54 Å². The first-order chi connectivity index (χ1) is 9.06. The Hall–Kier alpha value is -2.27. The van der Waals surface area contributed by atoms with Crippen molar-refractivity contribution >= 4 is 23.0 Å². The van der Waals surface area contributed by atoms with Crippen LogP contribution in [0.25, 0.3) is 0 Å². The minimum atomic E-state index is -0.508. The maximum Gasteiger partial charge on any atom is 0.288 e. The average Bonchev–Trinajstić information content (AvgIpc) is 2.39. The van der Waals surface area contributed by atoms with Gasteiger partial charge in [-0.15, -0.1) is 0 Å². The summed E-state index contributed by atoms with van der Waals surface area (Å²) >= 11 is 5.74. The second-order valence-corrected chi connectivity index (χ2v) is 4.35. The molecule has 0 amide bonds. The van der Waals surface area contributed by atoms with Crippen molar-refractivity contribution in [2.75, 3.05) is 5.32 Å². The van der Waals surface area contributed by atoms with E-state index >= 15 is 0 Å². The van der Waals surface area contributed by atoms with Crippen LogP contribution in [0.2, 0.25) is 5.02 Å². The number of nitro groups is 1. The van der Waals surface area contributed by atoms with Crippen LogP contribution in [0.1, 0.15) is 5.56 Å². The number of phenolic OH excluding ortho intramolecular Hbond substituents is 1. The number of anilines is 1. The van der Waals surface area contributed by atoms with E-state index in [1.165, 1.54) is 12.1 Å². The first-order valence-corrected chi connectivity index (χ1v) is 5.90. The van der Waals surface area contributed by atoms with Crippen LogP contribution in [-0.4, -0.2) is 10.0 Å². The van der Waals surface area contributed by atoms with Crippen LogP contribution in [0.5, 0.6) is 5.75 Å². The standard InChI is InChI=1S/C13H11ClN2O3/c14-12-6-1-9(7-13(12)16(18)19)8-15-10-2-4-11(17)5-3-10/h1-7,15,17H,8H2. The molecule has 0 spiro atoms. The molecule has 5 nitrogen and oxygen atoms in total. The number of hydrogen-bond donors (Lipinski definition) is 2. The lowest BCUT2D eigenvalue weighted by Crippen LogP contribution is -2.00. The lowest BCUT2D eigenvalue weighted by molar-refractivity contribution is -0.384. The summed E-state index contributed by atoms with van der Waals surface area (Å²) in [4.78, 5) is 10.3. The van der Waals surface area contributed by atoms with Gasteiger partial charge in [0, 0.05) is 18.3 Å². The highest BCUT2D eigenvalue weighted by atomic mass is 35.5. The van der Waals surface area contributed by atoms with Crippen LogP contribution in [-0.2, 0) is 6.54 Å². The van der Waals surface area contributed by atoms with Gasteiger partial charge in [0.05, 0.1) is 4.92 Å². The van der Waals surface area contributed by atoms with Crippen molar-refractivity contribution in [3.8, 4) is 5.75 Å². The molecule has 2 N–H and O–H groups in total. The van der Waals surface area contributed by atoms with Gasteiger partial charge in [-0.3, -0.25) is 10.1 Å². The first-order valence-electron chi connectivity index (χ1n) is 5.52. The number of nitrogens with one attached hydrogen (secondary N) is 1. The summed E-state index contributed by atoms with van der Waals surface area (Å²) < 4.78 is 0. The summed E-state index contributed by atoms with van der Waals surface area (Å²) in [6.07, 6.45) is 0. The van der Waals surface area contributed by atoms with E-state index in [0.717, 1.165) is 11.3 Å². The zero-order chi connectivity index (χ0) is 13.8. The van der Waals surface area contributed by atoms with Gasteiger partial charge in [0.2, 0.25) is 0 Å². The third-order valence-corrected chi connectivity index (χ3v) is 2.89. The predicted molar refractivity (Wildman–Crippen MR) is 73.5 cm³/mol. The van der Waals surface area contributed by atoms with Crippen molar-refractivity contribution in [1.82, 2.24) is 0 Å². The van der Waals surface area contributed by atoms with Gasteiger partial charge in [-0.25, -0.2) is 0 Å². The Morgan fingerprint density at radius 1 is 1.21 bits per heavy atom. The summed E-state index contributed by atoms with van der Waals surface area (Å²) in [5.41, 5.74) is 1.46. The zero-order valence-corrected chi connectivity index (χ0v) is 10.6. The van der Waals surface area contributed by atoms with E-state index in [1.807, 2.05) is 0 Å². The topological polar surface area (TPSA) is 75.4 Å². The quantitative estimate of drug-likeness (QED) is 0.509. The van der Waals surface area contributed by atoms with E-state index in [4.69, 9.17) is 16.7 Å². The molecular weight excluding hydrogens is 268 g/mol. The fourth-order valence-corrected chi connectivity index (χ4v) is 1.78. The van der Waals surface area contributed by atoms with Crippen LogP contribution >= 0.6 is 11.6 Å². The normalized spacial score (nSPS) is 10.2.